The average Bonchev–Trinajstić information content (AvgIpc) is 2.83. The zero-order chi connectivity index (χ0) is 24.1. The maximum absolute atomic E-state index is 11.3. The summed E-state index contributed by atoms with van der Waals surface area (Å²) in [5.74, 6) is 0. The van der Waals surface area contributed by atoms with Crippen LogP contribution in [0.2, 0.25) is 0 Å². The Kier molecular flexibility index (Phi) is 27.9. The van der Waals surface area contributed by atoms with E-state index < -0.39 is 0 Å². The van der Waals surface area contributed by atoms with E-state index in [4.69, 9.17) is 0 Å². The third kappa shape index (κ3) is 27.0. The van der Waals surface area contributed by atoms with Crippen LogP contribution in [0.5, 0.6) is 0 Å². The van der Waals surface area contributed by atoms with Crippen LogP contribution in [0.3, 0.4) is 0 Å². The van der Waals surface area contributed by atoms with Crippen LogP contribution < -0.4 is 0 Å². The molecule has 0 atom stereocenters. The minimum absolute atomic E-state index is 0.985. The number of rotatable bonds is 26. The van der Waals surface area contributed by atoms with E-state index >= 15 is 0 Å². The molecule has 0 amide bonds. The van der Waals surface area contributed by atoms with Gasteiger partial charge >= 0.3 is 0 Å². The second-order valence-electron chi connectivity index (χ2n) is 9.85. The summed E-state index contributed by atoms with van der Waals surface area (Å²) in [5.41, 5.74) is 1.04. The molecule has 0 aromatic heterocycles. The van der Waals surface area contributed by atoms with Gasteiger partial charge in [0.05, 0.1) is 0 Å². The molecule has 0 radical (unpaired) electrons. The van der Waals surface area contributed by atoms with Crippen LogP contribution in [-0.4, -0.2) is 6.29 Å². The number of aldehydes is 1. The maximum atomic E-state index is 11.3. The summed E-state index contributed by atoms with van der Waals surface area (Å²) in [6, 6.07) is 0. The summed E-state index contributed by atoms with van der Waals surface area (Å²) in [4.78, 5) is 11.3. The molecule has 0 saturated heterocycles. The molecule has 0 aliphatic rings. The second-order valence-corrected chi connectivity index (χ2v) is 9.85. The van der Waals surface area contributed by atoms with Crippen molar-refractivity contribution >= 4 is 6.29 Å². The largest absolute Gasteiger partial charge is 0.298 e. The van der Waals surface area contributed by atoms with Gasteiger partial charge in [0.15, 0.2) is 0 Å². The number of unbranched alkanes of at least 4 members (excludes halogenated alkanes) is 18. The fourth-order valence-electron chi connectivity index (χ4n) is 4.28. The van der Waals surface area contributed by atoms with E-state index in [1.54, 1.807) is 0 Å². The molecular weight excluding hydrogens is 400 g/mol. The van der Waals surface area contributed by atoms with Gasteiger partial charge in [-0.25, -0.2) is 0 Å². The predicted molar refractivity (Wildman–Crippen MR) is 150 cm³/mol. The summed E-state index contributed by atoms with van der Waals surface area (Å²) in [5, 5.41) is 0. The van der Waals surface area contributed by atoms with Crippen LogP contribution in [0, 0.1) is 0 Å². The quantitative estimate of drug-likeness (QED) is 0.0545. The fraction of sp³-hybridized carbons (Fsp3) is 0.781. The predicted octanol–water partition coefficient (Wildman–Crippen LogP) is 11.2. The molecule has 0 saturated carbocycles. The van der Waals surface area contributed by atoms with Crippen LogP contribution in [0.1, 0.15) is 162 Å². The number of allylic oxidation sites excluding steroid dienone is 6. The Morgan fingerprint density at radius 3 is 1.52 bits per heavy atom. The van der Waals surface area contributed by atoms with Crippen molar-refractivity contribution in [2.24, 2.45) is 0 Å². The van der Waals surface area contributed by atoms with Crippen molar-refractivity contribution in [2.75, 3.05) is 0 Å². The zero-order valence-electron chi connectivity index (χ0n) is 22.6. The molecule has 0 rings (SSSR count). The first-order chi connectivity index (χ1) is 16.3. The summed E-state index contributed by atoms with van der Waals surface area (Å²) in [7, 11) is 0. The molecule has 33 heavy (non-hydrogen) atoms. The van der Waals surface area contributed by atoms with Gasteiger partial charge < -0.3 is 0 Å². The molecule has 0 bridgehead atoms. The molecule has 0 aromatic rings. The average molecular weight is 459 g/mol. The maximum Gasteiger partial charge on any atom is 0.145 e. The molecule has 192 valence electrons. The van der Waals surface area contributed by atoms with Crippen molar-refractivity contribution in [1.82, 2.24) is 0 Å². The van der Waals surface area contributed by atoms with Gasteiger partial charge in [0.2, 0.25) is 0 Å². The van der Waals surface area contributed by atoms with Gasteiger partial charge in [-0.1, -0.05) is 141 Å². The van der Waals surface area contributed by atoms with E-state index in [1.165, 1.54) is 128 Å². The van der Waals surface area contributed by atoms with E-state index in [-0.39, 0.29) is 0 Å². The Morgan fingerprint density at radius 1 is 0.485 bits per heavy atom. The van der Waals surface area contributed by atoms with Crippen molar-refractivity contribution in [3.05, 3.63) is 36.0 Å². The lowest BCUT2D eigenvalue weighted by Crippen LogP contribution is -1.88. The Morgan fingerprint density at radius 2 is 0.970 bits per heavy atom. The highest BCUT2D eigenvalue weighted by Crippen LogP contribution is 2.15. The van der Waals surface area contributed by atoms with Gasteiger partial charge in [0, 0.05) is 0 Å². The number of carbonyl (C=O) groups is 1. The smallest absolute Gasteiger partial charge is 0.145 e. The van der Waals surface area contributed by atoms with Gasteiger partial charge in [-0.15, -0.1) is 0 Å². The molecule has 0 aliphatic carbocycles. The minimum atomic E-state index is 0.985. The molecule has 0 aliphatic heterocycles. The third-order valence-electron chi connectivity index (χ3n) is 6.51. The van der Waals surface area contributed by atoms with Crippen LogP contribution >= 0.6 is 0 Å². The van der Waals surface area contributed by atoms with Gasteiger partial charge in [-0.3, -0.25) is 4.79 Å². The molecule has 1 nitrogen and oxygen atoms in total. The van der Waals surface area contributed by atoms with E-state index in [0.29, 0.717) is 0 Å². The molecule has 0 aromatic carbocycles. The Hall–Kier alpha value is -1.11. The van der Waals surface area contributed by atoms with Crippen molar-refractivity contribution in [3.63, 3.8) is 0 Å². The van der Waals surface area contributed by atoms with Crippen molar-refractivity contribution < 1.29 is 4.79 Å². The van der Waals surface area contributed by atoms with Crippen LogP contribution in [0.15, 0.2) is 36.0 Å². The van der Waals surface area contributed by atoms with Crippen molar-refractivity contribution in [3.8, 4) is 0 Å². The first kappa shape index (κ1) is 31.9. The van der Waals surface area contributed by atoms with Gasteiger partial charge in [0.25, 0.3) is 0 Å². The lowest BCUT2D eigenvalue weighted by atomic mass is 10.0. The Balaban J connectivity index is 3.45. The van der Waals surface area contributed by atoms with E-state index in [9.17, 15) is 4.79 Å². The SMILES string of the molecule is CCC/C=C\C/C=C\CCCCCC/C=C(/C=O)CCCCCCCCCCCCCCC. The van der Waals surface area contributed by atoms with Gasteiger partial charge in [-0.05, 0) is 56.9 Å². The molecule has 1 heteroatoms. The lowest BCUT2D eigenvalue weighted by molar-refractivity contribution is -0.105. The highest BCUT2D eigenvalue weighted by molar-refractivity contribution is 5.72. The summed E-state index contributed by atoms with van der Waals surface area (Å²) in [6.07, 6.45) is 42.3. The second kappa shape index (κ2) is 28.9. The summed E-state index contributed by atoms with van der Waals surface area (Å²) in [6.45, 7) is 4.50. The molecule has 0 heterocycles. The summed E-state index contributed by atoms with van der Waals surface area (Å²) >= 11 is 0. The summed E-state index contributed by atoms with van der Waals surface area (Å²) < 4.78 is 0. The zero-order valence-corrected chi connectivity index (χ0v) is 22.6. The first-order valence-electron chi connectivity index (χ1n) is 14.8. The minimum Gasteiger partial charge on any atom is -0.298 e. The van der Waals surface area contributed by atoms with Crippen molar-refractivity contribution in [2.45, 2.75) is 162 Å². The normalized spacial score (nSPS) is 12.4. The molecular formula is C32H58O. The molecule has 0 fully saturated rings. The standard InChI is InChI=1S/C32H58O/c1-3-5-7-9-11-13-15-17-19-21-23-25-27-29-32(31-33)30-28-26-24-22-20-18-16-14-12-10-8-6-4-2/h7,9,13,15,29,31H,3-6,8,10-12,14,16-28,30H2,1-2H3/b9-7-,15-13-,32-29+. The fourth-order valence-corrected chi connectivity index (χ4v) is 4.28. The van der Waals surface area contributed by atoms with Gasteiger partial charge in [0.1, 0.15) is 6.29 Å². The number of carbonyl (C=O) groups excluding carboxylic acids is 1. The highest BCUT2D eigenvalue weighted by atomic mass is 16.1. The molecule has 0 unspecified atom stereocenters. The van der Waals surface area contributed by atoms with Crippen molar-refractivity contribution in [1.29, 1.82) is 0 Å². The van der Waals surface area contributed by atoms with E-state index in [0.717, 1.165) is 31.1 Å². The Labute approximate surface area is 208 Å². The number of hydrogen-bond acceptors (Lipinski definition) is 1. The highest BCUT2D eigenvalue weighted by Gasteiger charge is 1.98. The van der Waals surface area contributed by atoms with Gasteiger partial charge in [-0.2, -0.15) is 0 Å². The monoisotopic (exact) mass is 458 g/mol. The van der Waals surface area contributed by atoms with Crippen LogP contribution in [0.25, 0.3) is 0 Å². The Bertz CT molecular complexity index is 471. The topological polar surface area (TPSA) is 17.1 Å². The van der Waals surface area contributed by atoms with E-state index in [2.05, 4.69) is 44.2 Å². The van der Waals surface area contributed by atoms with Crippen LogP contribution in [0.4, 0.5) is 0 Å². The molecule has 0 spiro atoms. The van der Waals surface area contributed by atoms with E-state index in [1.807, 2.05) is 0 Å². The molecule has 0 N–H and O–H groups in total. The lowest BCUT2D eigenvalue weighted by Gasteiger charge is -2.04. The van der Waals surface area contributed by atoms with Crippen LogP contribution in [-0.2, 0) is 4.79 Å². The third-order valence-corrected chi connectivity index (χ3v) is 6.51. The first-order valence-corrected chi connectivity index (χ1v) is 14.8. The number of hydrogen-bond donors (Lipinski definition) is 0.